The van der Waals surface area contributed by atoms with Crippen LogP contribution in [0.1, 0.15) is 58.8 Å². The van der Waals surface area contributed by atoms with Gasteiger partial charge in [0, 0.05) is 44.8 Å². The number of aromatic amines is 1. The number of aromatic hydroxyl groups is 1. The SMILES string of the molecule is C=C(C1CC1)N1CCN(C(=O)C2CCCCC2)CC1.CC.Cn1c(=O)[nH]c2ccc(O)cc2c1=O. The van der Waals surface area contributed by atoms with Gasteiger partial charge in [0.25, 0.3) is 5.56 Å². The minimum Gasteiger partial charge on any atom is -0.508 e. The van der Waals surface area contributed by atoms with E-state index in [4.69, 9.17) is 0 Å². The zero-order valence-corrected chi connectivity index (χ0v) is 21.4. The zero-order valence-electron chi connectivity index (χ0n) is 21.4. The van der Waals surface area contributed by atoms with Gasteiger partial charge in [-0.3, -0.25) is 14.2 Å². The zero-order chi connectivity index (χ0) is 25.5. The number of H-pyrrole nitrogens is 1. The number of fused-ring (bicyclic) bond motifs is 1. The van der Waals surface area contributed by atoms with E-state index in [1.807, 2.05) is 13.8 Å². The molecular formula is C27H40N4O4. The van der Waals surface area contributed by atoms with Gasteiger partial charge in [0.05, 0.1) is 10.9 Å². The number of carbonyl (C=O) groups excluding carboxylic acids is 1. The van der Waals surface area contributed by atoms with Crippen LogP contribution in [0, 0.1) is 11.8 Å². The molecule has 8 heteroatoms. The highest BCUT2D eigenvalue weighted by Crippen LogP contribution is 2.37. The van der Waals surface area contributed by atoms with Crippen LogP contribution in [0.2, 0.25) is 0 Å². The van der Waals surface area contributed by atoms with E-state index in [0.717, 1.165) is 49.5 Å². The number of carbonyl (C=O) groups is 1. The highest BCUT2D eigenvalue weighted by molar-refractivity contribution is 5.79. The Morgan fingerprint density at radius 1 is 0.943 bits per heavy atom. The molecule has 0 spiro atoms. The molecule has 0 atom stereocenters. The van der Waals surface area contributed by atoms with Crippen molar-refractivity contribution in [3.05, 3.63) is 51.3 Å². The number of aromatic nitrogens is 2. The second-order valence-electron chi connectivity index (χ2n) is 9.44. The Balaban J connectivity index is 0.000000190. The van der Waals surface area contributed by atoms with Gasteiger partial charge in [0.1, 0.15) is 5.75 Å². The molecule has 8 nitrogen and oxygen atoms in total. The molecule has 2 aromatic rings. The Bertz CT molecular complexity index is 1130. The van der Waals surface area contributed by atoms with E-state index >= 15 is 0 Å². The van der Waals surface area contributed by atoms with Crippen LogP contribution in [-0.2, 0) is 11.8 Å². The number of nitrogens with zero attached hydrogens (tertiary/aromatic N) is 3. The molecule has 5 rings (SSSR count). The average molecular weight is 485 g/mol. The highest BCUT2D eigenvalue weighted by Gasteiger charge is 2.32. The Hall–Kier alpha value is -3.03. The van der Waals surface area contributed by atoms with Crippen LogP contribution >= 0.6 is 0 Å². The summed E-state index contributed by atoms with van der Waals surface area (Å²) >= 11 is 0. The van der Waals surface area contributed by atoms with Gasteiger partial charge in [-0.15, -0.1) is 0 Å². The summed E-state index contributed by atoms with van der Waals surface area (Å²) in [4.78, 5) is 42.2. The third-order valence-corrected chi connectivity index (χ3v) is 7.08. The number of nitrogens with one attached hydrogen (secondary N) is 1. The fourth-order valence-electron chi connectivity index (χ4n) is 4.79. The van der Waals surface area contributed by atoms with Crippen molar-refractivity contribution in [3.63, 3.8) is 0 Å². The lowest BCUT2D eigenvalue weighted by Gasteiger charge is -2.39. The van der Waals surface area contributed by atoms with Crippen molar-refractivity contribution in [3.8, 4) is 5.75 Å². The molecule has 3 fully saturated rings. The second-order valence-corrected chi connectivity index (χ2v) is 9.44. The number of hydrogen-bond acceptors (Lipinski definition) is 5. The third-order valence-electron chi connectivity index (χ3n) is 7.08. The van der Waals surface area contributed by atoms with Gasteiger partial charge < -0.3 is 19.9 Å². The molecule has 2 heterocycles. The molecule has 0 bridgehead atoms. The topological polar surface area (TPSA) is 98.6 Å². The Morgan fingerprint density at radius 3 is 2.14 bits per heavy atom. The van der Waals surface area contributed by atoms with Crippen molar-refractivity contribution in [2.45, 2.75) is 58.8 Å². The number of phenolic OH excluding ortho intramolecular Hbond substituents is 1. The van der Waals surface area contributed by atoms with Crippen LogP contribution < -0.4 is 11.2 Å². The van der Waals surface area contributed by atoms with E-state index in [-0.39, 0.29) is 5.75 Å². The molecule has 1 saturated heterocycles. The summed E-state index contributed by atoms with van der Waals surface area (Å²) in [6.07, 6.45) is 8.68. The Labute approximate surface area is 207 Å². The van der Waals surface area contributed by atoms with Crippen LogP contribution in [-0.4, -0.2) is 56.5 Å². The Kier molecular flexibility index (Phi) is 9.18. The molecule has 2 N–H and O–H groups in total. The van der Waals surface area contributed by atoms with E-state index in [2.05, 4.69) is 21.4 Å². The van der Waals surface area contributed by atoms with E-state index < -0.39 is 11.2 Å². The van der Waals surface area contributed by atoms with Gasteiger partial charge >= 0.3 is 5.69 Å². The van der Waals surface area contributed by atoms with Gasteiger partial charge in [-0.2, -0.15) is 0 Å². The normalized spacial score (nSPS) is 18.3. The van der Waals surface area contributed by atoms with Gasteiger partial charge in [-0.25, -0.2) is 4.79 Å². The number of benzene rings is 1. The summed E-state index contributed by atoms with van der Waals surface area (Å²) in [5.74, 6) is 1.51. The van der Waals surface area contributed by atoms with Crippen molar-refractivity contribution < 1.29 is 9.90 Å². The molecular weight excluding hydrogens is 444 g/mol. The fraction of sp³-hybridized carbons (Fsp3) is 0.593. The summed E-state index contributed by atoms with van der Waals surface area (Å²) in [6, 6.07) is 4.23. The van der Waals surface area contributed by atoms with E-state index in [1.165, 1.54) is 63.0 Å². The Morgan fingerprint density at radius 2 is 1.54 bits per heavy atom. The molecule has 1 aliphatic heterocycles. The first-order chi connectivity index (χ1) is 16.8. The van der Waals surface area contributed by atoms with Crippen LogP contribution in [0.5, 0.6) is 5.75 Å². The molecule has 1 amide bonds. The number of amides is 1. The van der Waals surface area contributed by atoms with Crippen molar-refractivity contribution in [1.82, 2.24) is 19.4 Å². The molecule has 192 valence electrons. The summed E-state index contributed by atoms with van der Waals surface area (Å²) < 4.78 is 0.960. The van der Waals surface area contributed by atoms with Crippen molar-refractivity contribution >= 4 is 16.8 Å². The maximum atomic E-state index is 12.5. The van der Waals surface area contributed by atoms with Crippen LogP contribution in [0.15, 0.2) is 40.1 Å². The minimum absolute atomic E-state index is 0.00153. The number of phenols is 1. The lowest BCUT2D eigenvalue weighted by Crippen LogP contribution is -2.50. The number of rotatable bonds is 3. The van der Waals surface area contributed by atoms with Crippen LogP contribution in [0.25, 0.3) is 10.9 Å². The largest absolute Gasteiger partial charge is 0.508 e. The first-order valence-corrected chi connectivity index (χ1v) is 13.0. The molecule has 3 aliphatic rings. The lowest BCUT2D eigenvalue weighted by molar-refractivity contribution is -0.138. The average Bonchev–Trinajstić information content (AvgIpc) is 3.75. The number of allylic oxidation sites excluding steroid dienone is 1. The van der Waals surface area contributed by atoms with Gasteiger partial charge in [-0.1, -0.05) is 39.7 Å². The number of piperazine rings is 1. The van der Waals surface area contributed by atoms with Gasteiger partial charge in [0.15, 0.2) is 0 Å². The quantitative estimate of drug-likeness (QED) is 0.694. The van der Waals surface area contributed by atoms with Gasteiger partial charge in [0.2, 0.25) is 5.91 Å². The van der Waals surface area contributed by atoms with E-state index in [9.17, 15) is 19.5 Å². The predicted molar refractivity (Wildman–Crippen MR) is 139 cm³/mol. The predicted octanol–water partition coefficient (Wildman–Crippen LogP) is 3.59. The maximum absolute atomic E-state index is 12.5. The van der Waals surface area contributed by atoms with Crippen LogP contribution in [0.4, 0.5) is 0 Å². The molecule has 1 aromatic carbocycles. The third kappa shape index (κ3) is 6.55. The first-order valence-electron chi connectivity index (χ1n) is 13.0. The summed E-state index contributed by atoms with van der Waals surface area (Å²) in [5, 5.41) is 9.47. The minimum atomic E-state index is -0.465. The molecule has 0 unspecified atom stereocenters. The smallest absolute Gasteiger partial charge is 0.328 e. The molecule has 1 aromatic heterocycles. The van der Waals surface area contributed by atoms with E-state index in [1.54, 1.807) is 0 Å². The monoisotopic (exact) mass is 484 g/mol. The van der Waals surface area contributed by atoms with E-state index in [0.29, 0.717) is 22.7 Å². The maximum Gasteiger partial charge on any atom is 0.328 e. The van der Waals surface area contributed by atoms with Crippen molar-refractivity contribution in [2.24, 2.45) is 18.9 Å². The highest BCUT2D eigenvalue weighted by atomic mass is 16.3. The molecule has 2 aliphatic carbocycles. The van der Waals surface area contributed by atoms with Crippen LogP contribution in [0.3, 0.4) is 0 Å². The van der Waals surface area contributed by atoms with Gasteiger partial charge in [-0.05, 0) is 49.8 Å². The second kappa shape index (κ2) is 12.1. The van der Waals surface area contributed by atoms with Crippen molar-refractivity contribution in [1.29, 1.82) is 0 Å². The molecule has 35 heavy (non-hydrogen) atoms. The standard InChI is InChI=1S/C16H26N2O.C9H8N2O3.C2H6/c1-13(14-7-8-14)17-9-11-18(12-10-17)16(19)15-5-3-2-4-6-15;1-11-8(13)6-4-5(12)2-3-7(6)10-9(11)14;1-2/h14-15H,1-12H2;2-4,12H,1H3,(H,10,14);1-2H3. The summed E-state index contributed by atoms with van der Waals surface area (Å²) in [5.41, 5.74) is 0.869. The molecule has 2 saturated carbocycles. The van der Waals surface area contributed by atoms with Crippen molar-refractivity contribution in [2.75, 3.05) is 26.2 Å². The summed E-state index contributed by atoms with van der Waals surface area (Å²) in [6.45, 7) is 12.0. The molecule has 0 radical (unpaired) electrons. The fourth-order valence-corrected chi connectivity index (χ4v) is 4.79. The summed E-state index contributed by atoms with van der Waals surface area (Å²) in [7, 11) is 1.38. The number of hydrogen-bond donors (Lipinski definition) is 2. The lowest BCUT2D eigenvalue weighted by atomic mass is 9.88. The first kappa shape index (κ1) is 26.6.